The van der Waals surface area contributed by atoms with Crippen LogP contribution in [0, 0.1) is 5.92 Å². The van der Waals surface area contributed by atoms with Crippen LogP contribution in [0.2, 0.25) is 0 Å². The Hall–Kier alpha value is -2.80. The zero-order valence-corrected chi connectivity index (χ0v) is 19.5. The largest absolute Gasteiger partial charge is 0.496 e. The Labute approximate surface area is 195 Å². The Bertz CT molecular complexity index is 914. The summed E-state index contributed by atoms with van der Waals surface area (Å²) in [5.41, 5.74) is 1.61. The quantitative estimate of drug-likeness (QED) is 0.590. The first-order chi connectivity index (χ1) is 15.6. The van der Waals surface area contributed by atoms with Gasteiger partial charge >= 0.3 is 6.03 Å². The molecule has 0 aromatic heterocycles. The van der Waals surface area contributed by atoms with E-state index in [0.29, 0.717) is 17.9 Å². The van der Waals surface area contributed by atoms with Crippen molar-refractivity contribution >= 4 is 24.4 Å². The highest BCUT2D eigenvalue weighted by molar-refractivity contribution is 7.47. The lowest BCUT2D eigenvalue weighted by atomic mass is 9.78. The molecule has 0 aliphatic heterocycles. The number of carbonyl (C=O) groups excluding carboxylic acids is 2. The van der Waals surface area contributed by atoms with Gasteiger partial charge in [0.15, 0.2) is 0 Å². The minimum Gasteiger partial charge on any atom is -0.496 e. The molecule has 0 heterocycles. The van der Waals surface area contributed by atoms with Crippen molar-refractivity contribution in [2.75, 3.05) is 13.7 Å². The van der Waals surface area contributed by atoms with Gasteiger partial charge in [0.25, 0.3) is 5.91 Å². The van der Waals surface area contributed by atoms with E-state index in [4.69, 9.17) is 4.74 Å². The third kappa shape index (κ3) is 5.71. The first-order valence-electron chi connectivity index (χ1n) is 11.2. The molecule has 0 saturated heterocycles. The molecule has 0 radical (unpaired) electrons. The van der Waals surface area contributed by atoms with Crippen molar-refractivity contribution in [3.63, 3.8) is 0 Å². The van der Waals surface area contributed by atoms with Gasteiger partial charge in [-0.25, -0.2) is 4.79 Å². The molecule has 32 heavy (non-hydrogen) atoms. The molecule has 1 aliphatic carbocycles. The molecule has 1 fully saturated rings. The summed E-state index contributed by atoms with van der Waals surface area (Å²) in [5, 5.41) is 3.26. The number of methoxy groups -OCH3 is 1. The van der Waals surface area contributed by atoms with Gasteiger partial charge in [0.1, 0.15) is 5.75 Å². The van der Waals surface area contributed by atoms with E-state index in [2.05, 4.69) is 34.2 Å². The fourth-order valence-corrected chi connectivity index (χ4v) is 4.76. The number of nitrogens with one attached hydrogen (secondary N) is 1. The molecule has 1 N–H and O–H groups in total. The van der Waals surface area contributed by atoms with Gasteiger partial charge in [0, 0.05) is 25.0 Å². The molecule has 3 amide bonds. The minimum absolute atomic E-state index is 0.117. The number of hydrogen-bond acceptors (Lipinski definition) is 4. The maximum atomic E-state index is 13.2. The summed E-state index contributed by atoms with van der Waals surface area (Å²) >= 11 is 4.65. The van der Waals surface area contributed by atoms with E-state index >= 15 is 0 Å². The van der Waals surface area contributed by atoms with Crippen LogP contribution < -0.4 is 10.1 Å². The van der Waals surface area contributed by atoms with Crippen molar-refractivity contribution in [2.24, 2.45) is 10.3 Å². The maximum absolute atomic E-state index is 13.2. The van der Waals surface area contributed by atoms with Crippen molar-refractivity contribution in [3.05, 3.63) is 65.7 Å². The molecular formula is C25H31N3O3S. The van der Waals surface area contributed by atoms with E-state index in [0.717, 1.165) is 37.7 Å². The number of nitrogens with zero attached hydrogens (tertiary/aromatic N) is 2. The smallest absolute Gasteiger partial charge is 0.355 e. The average Bonchev–Trinajstić information content (AvgIpc) is 2.86. The summed E-state index contributed by atoms with van der Waals surface area (Å²) in [4.78, 5) is 27.2. The number of hydrogen-bond donors (Lipinski definition) is 1. The van der Waals surface area contributed by atoms with Crippen molar-refractivity contribution < 1.29 is 14.3 Å². The number of carbonyl (C=O) groups is 2. The van der Waals surface area contributed by atoms with E-state index < -0.39 is 0 Å². The van der Waals surface area contributed by atoms with Crippen molar-refractivity contribution in [2.45, 2.75) is 51.1 Å². The Balaban J connectivity index is 1.77. The number of rotatable bonds is 8. The third-order valence-electron chi connectivity index (χ3n) is 6.24. The van der Waals surface area contributed by atoms with E-state index in [1.807, 2.05) is 42.2 Å². The lowest BCUT2D eigenvalue weighted by Gasteiger charge is -2.38. The zero-order valence-electron chi connectivity index (χ0n) is 18.7. The minimum atomic E-state index is -0.311. The normalized spacial score (nSPS) is 18.9. The van der Waals surface area contributed by atoms with Crippen LogP contribution in [0.15, 0.2) is 59.0 Å². The molecule has 1 saturated carbocycles. The van der Waals surface area contributed by atoms with Crippen LogP contribution in [0.3, 0.4) is 0 Å². The monoisotopic (exact) mass is 453 g/mol. The summed E-state index contributed by atoms with van der Waals surface area (Å²) in [7, 11) is 1.57. The van der Waals surface area contributed by atoms with Gasteiger partial charge in [0.2, 0.25) is 0 Å². The third-order valence-corrected chi connectivity index (χ3v) is 6.39. The highest BCUT2D eigenvalue weighted by Gasteiger charge is 2.33. The topological polar surface area (TPSA) is 71.0 Å². The lowest BCUT2D eigenvalue weighted by molar-refractivity contribution is 0.0895. The summed E-state index contributed by atoms with van der Waals surface area (Å²) in [6.07, 6.45) is 4.42. The first-order valence-corrected chi connectivity index (χ1v) is 11.6. The summed E-state index contributed by atoms with van der Waals surface area (Å²) in [6, 6.07) is 17.1. The van der Waals surface area contributed by atoms with Gasteiger partial charge in [-0.05, 0) is 55.7 Å². The second-order valence-corrected chi connectivity index (χ2v) is 8.38. The average molecular weight is 454 g/mol. The molecule has 0 bridgehead atoms. The standard InChI is InChI=1S/C25H31N3O3S/c1-3-17-28(25(30)27-32)20-15-13-19(14-16-20)23(18-9-5-4-6-10-18)26-24(29)21-11-7-8-12-22(21)31-2/h4-12,19-20,23H,3,13-17H2,1-2H3,(H,26,29). The van der Waals surface area contributed by atoms with Gasteiger partial charge in [0.05, 0.1) is 18.7 Å². The Morgan fingerprint density at radius 1 is 1.09 bits per heavy atom. The molecule has 2 aromatic rings. The van der Waals surface area contributed by atoms with E-state index in [1.165, 1.54) is 0 Å². The van der Waals surface area contributed by atoms with E-state index in [9.17, 15) is 9.59 Å². The molecule has 170 valence electrons. The van der Waals surface area contributed by atoms with Crippen LogP contribution in [0.5, 0.6) is 5.75 Å². The number of benzene rings is 2. The Kier molecular flexibility index (Phi) is 8.73. The van der Waals surface area contributed by atoms with Crippen LogP contribution >= 0.6 is 0 Å². The fraction of sp³-hybridized carbons (Fsp3) is 0.440. The Morgan fingerprint density at radius 2 is 1.75 bits per heavy atom. The van der Waals surface area contributed by atoms with Crippen LogP contribution in [0.1, 0.15) is 61.0 Å². The number of ether oxygens (including phenoxy) is 1. The second kappa shape index (κ2) is 11.7. The molecular weight excluding hydrogens is 422 g/mol. The van der Waals surface area contributed by atoms with E-state index in [-0.39, 0.29) is 29.9 Å². The van der Waals surface area contributed by atoms with Gasteiger partial charge in [-0.3, -0.25) is 4.79 Å². The number of para-hydroxylation sites is 1. The van der Waals surface area contributed by atoms with Crippen molar-refractivity contribution in [1.82, 2.24) is 10.2 Å². The molecule has 1 aliphatic rings. The van der Waals surface area contributed by atoms with Gasteiger partial charge < -0.3 is 15.0 Å². The van der Waals surface area contributed by atoms with Crippen LogP contribution in [-0.2, 0) is 12.4 Å². The van der Waals surface area contributed by atoms with E-state index in [1.54, 1.807) is 19.2 Å². The van der Waals surface area contributed by atoms with Crippen molar-refractivity contribution in [3.8, 4) is 5.75 Å². The molecule has 3 rings (SSSR count). The summed E-state index contributed by atoms with van der Waals surface area (Å²) < 4.78 is 8.86. The molecule has 6 nitrogen and oxygen atoms in total. The lowest BCUT2D eigenvalue weighted by Crippen LogP contribution is -2.43. The van der Waals surface area contributed by atoms with Gasteiger partial charge in [-0.1, -0.05) is 49.4 Å². The van der Waals surface area contributed by atoms with Crippen LogP contribution in [-0.4, -0.2) is 36.5 Å². The van der Waals surface area contributed by atoms with Crippen LogP contribution in [0.25, 0.3) is 0 Å². The van der Waals surface area contributed by atoms with Crippen molar-refractivity contribution in [1.29, 1.82) is 0 Å². The van der Waals surface area contributed by atoms with Gasteiger partial charge in [-0.2, -0.15) is 0 Å². The second-order valence-electron chi connectivity index (χ2n) is 8.20. The van der Waals surface area contributed by atoms with Gasteiger partial charge in [-0.15, -0.1) is 4.36 Å². The maximum Gasteiger partial charge on any atom is 0.355 e. The molecule has 1 unspecified atom stereocenters. The summed E-state index contributed by atoms with van der Waals surface area (Å²) in [5.74, 6) is 0.680. The summed E-state index contributed by atoms with van der Waals surface area (Å²) in [6.45, 7) is 2.72. The molecule has 7 heteroatoms. The Morgan fingerprint density at radius 3 is 2.38 bits per heavy atom. The van der Waals surface area contributed by atoms with Crippen LogP contribution in [0.4, 0.5) is 4.79 Å². The SMILES string of the molecule is CCCN(C(=O)N=S)C1CCC(C(NC(=O)c2ccccc2OC)c2ccccc2)CC1. The first kappa shape index (κ1) is 23.9. The highest BCUT2D eigenvalue weighted by Crippen LogP contribution is 2.37. The molecule has 2 aromatic carbocycles. The molecule has 1 atom stereocenters. The fourth-order valence-electron chi connectivity index (χ4n) is 4.66. The number of urea groups is 1. The number of amides is 3. The predicted molar refractivity (Wildman–Crippen MR) is 128 cm³/mol. The predicted octanol–water partition coefficient (Wildman–Crippen LogP) is 5.29. The zero-order chi connectivity index (χ0) is 22.9. The highest BCUT2D eigenvalue weighted by atomic mass is 32.1. The molecule has 0 spiro atoms.